The number of ether oxygens (including phenoxy) is 1. The van der Waals surface area contributed by atoms with Crippen LogP contribution in [0.5, 0.6) is 0 Å². The lowest BCUT2D eigenvalue weighted by Crippen LogP contribution is -2.08. The molecule has 3 nitrogen and oxygen atoms in total. The molecule has 0 aliphatic heterocycles. The second kappa shape index (κ2) is 5.56. The summed E-state index contributed by atoms with van der Waals surface area (Å²) in [6, 6.07) is 7.62. The van der Waals surface area contributed by atoms with E-state index >= 15 is 0 Å². The van der Waals surface area contributed by atoms with Gasteiger partial charge in [0.25, 0.3) is 0 Å². The number of aryl methyl sites for hydroxylation is 1. The summed E-state index contributed by atoms with van der Waals surface area (Å²) in [7, 11) is 0. The molecule has 1 aromatic rings. The number of benzene rings is 1. The Morgan fingerprint density at radius 2 is 1.87 bits per heavy atom. The van der Waals surface area contributed by atoms with Crippen LogP contribution in [-0.2, 0) is 11.2 Å². The van der Waals surface area contributed by atoms with Crippen LogP contribution < -0.4 is 0 Å². The molecule has 0 radical (unpaired) electrons. The van der Waals surface area contributed by atoms with E-state index < -0.39 is 0 Å². The average Bonchev–Trinajstić information content (AvgIpc) is 2.29. The third-order valence-corrected chi connectivity index (χ3v) is 2.46. The highest BCUT2D eigenvalue weighted by Gasteiger charge is 2.05. The fourth-order valence-corrected chi connectivity index (χ4v) is 1.25. The highest BCUT2D eigenvalue weighted by Crippen LogP contribution is 2.08. The van der Waals surface area contributed by atoms with Crippen LogP contribution in [0.2, 0.25) is 0 Å². The van der Waals surface area contributed by atoms with Gasteiger partial charge in [0.15, 0.2) is 0 Å². The zero-order valence-corrected chi connectivity index (χ0v) is 9.65. The second-order valence-electron chi connectivity index (χ2n) is 2.97. The smallest absolute Gasteiger partial charge is 0.249 e. The van der Waals surface area contributed by atoms with Crippen molar-refractivity contribution in [3.05, 3.63) is 35.4 Å². The second-order valence-corrected chi connectivity index (χ2v) is 3.75. The fourth-order valence-electron chi connectivity index (χ4n) is 1.09. The van der Waals surface area contributed by atoms with Crippen molar-refractivity contribution in [2.75, 3.05) is 6.26 Å². The molecule has 2 N–H and O–H groups in total. The molecule has 0 saturated heterocycles. The summed E-state index contributed by atoms with van der Waals surface area (Å²) in [6.45, 7) is 2.08. The van der Waals surface area contributed by atoms with Crippen molar-refractivity contribution in [1.82, 2.24) is 0 Å². The minimum absolute atomic E-state index is 0.0250. The van der Waals surface area contributed by atoms with Gasteiger partial charge in [0, 0.05) is 5.56 Å². The summed E-state index contributed by atoms with van der Waals surface area (Å²) in [6.07, 6.45) is 2.73. The number of hydrogen-bond donors (Lipinski definition) is 2. The van der Waals surface area contributed by atoms with Crippen LogP contribution in [-0.4, -0.2) is 17.4 Å². The highest BCUT2D eigenvalue weighted by molar-refractivity contribution is 8.12. The quantitative estimate of drug-likeness (QED) is 0.597. The van der Waals surface area contributed by atoms with E-state index in [0.29, 0.717) is 5.56 Å². The standard InChI is InChI=1S/C11H14N2OS/c1-3-8-4-6-9(7-5-8)10(12)14-11(13)15-2/h4-7,12-13H,3H2,1-2H3. The van der Waals surface area contributed by atoms with E-state index in [2.05, 4.69) is 6.92 Å². The Morgan fingerprint density at radius 3 is 2.33 bits per heavy atom. The Labute approximate surface area is 93.9 Å². The van der Waals surface area contributed by atoms with Crippen molar-refractivity contribution in [1.29, 1.82) is 10.8 Å². The third kappa shape index (κ3) is 3.40. The van der Waals surface area contributed by atoms with Crippen molar-refractivity contribution in [3.63, 3.8) is 0 Å². The zero-order valence-electron chi connectivity index (χ0n) is 8.83. The van der Waals surface area contributed by atoms with Gasteiger partial charge in [-0.2, -0.15) is 0 Å². The minimum Gasteiger partial charge on any atom is -0.415 e. The van der Waals surface area contributed by atoms with Crippen LogP contribution >= 0.6 is 11.8 Å². The van der Waals surface area contributed by atoms with Crippen LogP contribution in [0.15, 0.2) is 24.3 Å². The molecule has 80 valence electrons. The van der Waals surface area contributed by atoms with Gasteiger partial charge < -0.3 is 4.74 Å². The first kappa shape index (κ1) is 11.8. The third-order valence-electron chi connectivity index (χ3n) is 2.00. The molecule has 0 fully saturated rings. The summed E-state index contributed by atoms with van der Waals surface area (Å²) < 4.78 is 4.99. The van der Waals surface area contributed by atoms with Crippen molar-refractivity contribution in [2.24, 2.45) is 0 Å². The van der Waals surface area contributed by atoms with Crippen molar-refractivity contribution in [2.45, 2.75) is 13.3 Å². The van der Waals surface area contributed by atoms with Gasteiger partial charge in [-0.25, -0.2) is 0 Å². The van der Waals surface area contributed by atoms with Gasteiger partial charge >= 0.3 is 0 Å². The molecular weight excluding hydrogens is 208 g/mol. The summed E-state index contributed by atoms with van der Waals surface area (Å²) >= 11 is 1.18. The maximum absolute atomic E-state index is 7.61. The molecule has 1 aromatic carbocycles. The van der Waals surface area contributed by atoms with Crippen molar-refractivity contribution in [3.8, 4) is 0 Å². The van der Waals surface area contributed by atoms with E-state index in [-0.39, 0.29) is 11.1 Å². The van der Waals surface area contributed by atoms with E-state index in [1.54, 1.807) is 6.26 Å². The molecule has 0 atom stereocenters. The Balaban J connectivity index is 2.70. The van der Waals surface area contributed by atoms with Gasteiger partial charge in [-0.05, 0) is 30.4 Å². The van der Waals surface area contributed by atoms with Crippen molar-refractivity contribution < 1.29 is 4.74 Å². The van der Waals surface area contributed by atoms with E-state index in [1.165, 1.54) is 17.3 Å². The predicted octanol–water partition coefficient (Wildman–Crippen LogP) is 2.89. The Morgan fingerprint density at radius 1 is 1.27 bits per heavy atom. The maximum Gasteiger partial charge on any atom is 0.249 e. The molecular formula is C11H14N2OS. The van der Waals surface area contributed by atoms with Gasteiger partial charge in [-0.15, -0.1) is 0 Å². The number of rotatable bonds is 2. The molecule has 0 bridgehead atoms. The van der Waals surface area contributed by atoms with Gasteiger partial charge in [-0.1, -0.05) is 30.8 Å². The van der Waals surface area contributed by atoms with E-state index in [0.717, 1.165) is 6.42 Å². The van der Waals surface area contributed by atoms with Gasteiger partial charge in [0.1, 0.15) is 0 Å². The molecule has 0 heterocycles. The summed E-state index contributed by atoms with van der Waals surface area (Å²) in [5.74, 6) is 0.0250. The zero-order chi connectivity index (χ0) is 11.3. The molecule has 15 heavy (non-hydrogen) atoms. The van der Waals surface area contributed by atoms with Gasteiger partial charge in [0.2, 0.25) is 11.1 Å². The van der Waals surface area contributed by atoms with Crippen molar-refractivity contribution >= 4 is 22.9 Å². The first-order valence-corrected chi connectivity index (χ1v) is 5.88. The summed E-state index contributed by atoms with van der Waals surface area (Å²) in [5.41, 5.74) is 1.93. The lowest BCUT2D eigenvalue weighted by molar-refractivity contribution is 0.553. The van der Waals surface area contributed by atoms with Crippen LogP contribution in [0.1, 0.15) is 18.1 Å². The molecule has 0 unspecified atom stereocenters. The topological polar surface area (TPSA) is 56.9 Å². The van der Waals surface area contributed by atoms with Crippen LogP contribution in [0.3, 0.4) is 0 Å². The fraction of sp³-hybridized carbons (Fsp3) is 0.273. The highest BCUT2D eigenvalue weighted by atomic mass is 32.2. The van der Waals surface area contributed by atoms with Gasteiger partial charge in [0.05, 0.1) is 0 Å². The largest absolute Gasteiger partial charge is 0.415 e. The molecule has 0 aliphatic carbocycles. The molecule has 1 rings (SSSR count). The average molecular weight is 222 g/mol. The number of nitrogens with one attached hydrogen (secondary N) is 2. The molecule has 0 saturated carbocycles. The lowest BCUT2D eigenvalue weighted by atomic mass is 10.1. The predicted molar refractivity (Wildman–Crippen MR) is 65.0 cm³/mol. The molecule has 0 amide bonds. The molecule has 0 aromatic heterocycles. The maximum atomic E-state index is 7.61. The summed E-state index contributed by atoms with van der Waals surface area (Å²) in [4.78, 5) is 0. The number of hydrogen-bond acceptors (Lipinski definition) is 4. The van der Waals surface area contributed by atoms with Gasteiger partial charge in [-0.3, -0.25) is 10.8 Å². The summed E-state index contributed by atoms with van der Waals surface area (Å²) in [5, 5.41) is 15.0. The Hall–Kier alpha value is -1.29. The normalized spacial score (nSPS) is 9.73. The Bertz CT molecular complexity index is 359. The van der Waals surface area contributed by atoms with Crippen LogP contribution in [0.25, 0.3) is 0 Å². The van der Waals surface area contributed by atoms with E-state index in [4.69, 9.17) is 15.6 Å². The molecule has 0 spiro atoms. The first-order chi connectivity index (χ1) is 7.17. The number of thioether (sulfide) groups is 1. The molecule has 0 aliphatic rings. The lowest BCUT2D eigenvalue weighted by Gasteiger charge is -2.06. The van der Waals surface area contributed by atoms with E-state index in [9.17, 15) is 0 Å². The van der Waals surface area contributed by atoms with Crippen LogP contribution in [0.4, 0.5) is 0 Å². The minimum atomic E-state index is 0.0250. The van der Waals surface area contributed by atoms with E-state index in [1.807, 2.05) is 24.3 Å². The monoisotopic (exact) mass is 222 g/mol. The molecule has 4 heteroatoms. The SMILES string of the molecule is CCc1ccc(C(=N)OC(=N)SC)cc1. The van der Waals surface area contributed by atoms with Crippen LogP contribution in [0, 0.1) is 10.8 Å². The Kier molecular flexibility index (Phi) is 4.37. The first-order valence-electron chi connectivity index (χ1n) is 4.65.